The molecule has 5 heteroatoms. The normalized spacial score (nSPS) is 25.7. The van der Waals surface area contributed by atoms with E-state index in [9.17, 15) is 9.90 Å². The minimum Gasteiger partial charge on any atom is -0.480 e. The standard InChI is InChI=1S/C10H11BrO3S/c11-8-4-7(6-14-8)5-10(9(12)13)2-1-3-15-10/h4,6H,1-3,5H2,(H,12,13). The molecule has 1 unspecified atom stereocenters. The SMILES string of the molecule is O=C(O)C1(Cc2coc(Br)c2)CCCS1. The van der Waals surface area contributed by atoms with Crippen molar-refractivity contribution in [3.63, 3.8) is 0 Å². The summed E-state index contributed by atoms with van der Waals surface area (Å²) in [4.78, 5) is 11.3. The van der Waals surface area contributed by atoms with E-state index >= 15 is 0 Å². The number of hydrogen-bond donors (Lipinski definition) is 1. The van der Waals surface area contributed by atoms with Gasteiger partial charge in [0.05, 0.1) is 6.26 Å². The van der Waals surface area contributed by atoms with Gasteiger partial charge >= 0.3 is 5.97 Å². The van der Waals surface area contributed by atoms with Crippen molar-refractivity contribution >= 4 is 33.7 Å². The van der Waals surface area contributed by atoms with Crippen LogP contribution in [0, 0.1) is 0 Å². The summed E-state index contributed by atoms with van der Waals surface area (Å²) in [6.45, 7) is 0. The Morgan fingerprint density at radius 2 is 2.53 bits per heavy atom. The number of carboxylic acids is 1. The summed E-state index contributed by atoms with van der Waals surface area (Å²) in [5, 5.41) is 9.27. The molecule has 1 aromatic heterocycles. The molecule has 0 amide bonds. The predicted octanol–water partition coefficient (Wildman–Crippen LogP) is 2.94. The summed E-state index contributed by atoms with van der Waals surface area (Å²) in [7, 11) is 0. The molecule has 3 nitrogen and oxygen atoms in total. The minimum absolute atomic E-state index is 0.544. The molecule has 1 aliphatic rings. The van der Waals surface area contributed by atoms with Crippen LogP contribution in [0.4, 0.5) is 0 Å². The molecule has 1 fully saturated rings. The van der Waals surface area contributed by atoms with Crippen LogP contribution in [0.5, 0.6) is 0 Å². The van der Waals surface area contributed by atoms with Crippen LogP contribution in [-0.2, 0) is 11.2 Å². The topological polar surface area (TPSA) is 50.4 Å². The van der Waals surface area contributed by atoms with Crippen molar-refractivity contribution in [1.82, 2.24) is 0 Å². The average molecular weight is 291 g/mol. The lowest BCUT2D eigenvalue weighted by Gasteiger charge is -2.21. The third kappa shape index (κ3) is 2.23. The molecule has 0 bridgehead atoms. The summed E-state index contributed by atoms with van der Waals surface area (Å²) >= 11 is 4.76. The van der Waals surface area contributed by atoms with Gasteiger partial charge in [-0.2, -0.15) is 0 Å². The number of rotatable bonds is 3. The molecule has 15 heavy (non-hydrogen) atoms. The number of furan rings is 1. The fourth-order valence-corrected chi connectivity index (χ4v) is 3.60. The van der Waals surface area contributed by atoms with Crippen LogP contribution >= 0.6 is 27.7 Å². The van der Waals surface area contributed by atoms with Crippen molar-refractivity contribution in [2.75, 3.05) is 5.75 Å². The first-order valence-electron chi connectivity index (χ1n) is 4.73. The fourth-order valence-electron chi connectivity index (χ4n) is 1.85. The molecule has 0 spiro atoms. The Hall–Kier alpha value is -0.420. The van der Waals surface area contributed by atoms with Gasteiger partial charge in [-0.25, -0.2) is 0 Å². The minimum atomic E-state index is -0.706. The second kappa shape index (κ2) is 4.22. The molecule has 2 heterocycles. The highest BCUT2D eigenvalue weighted by molar-refractivity contribution is 9.10. The van der Waals surface area contributed by atoms with Gasteiger partial charge < -0.3 is 9.52 Å². The molecular weight excluding hydrogens is 280 g/mol. The van der Waals surface area contributed by atoms with Crippen LogP contribution in [0.15, 0.2) is 21.4 Å². The molecular formula is C10H11BrO3S. The Morgan fingerprint density at radius 3 is 3.00 bits per heavy atom. The highest BCUT2D eigenvalue weighted by atomic mass is 79.9. The van der Waals surface area contributed by atoms with Crippen molar-refractivity contribution in [1.29, 1.82) is 0 Å². The third-order valence-electron chi connectivity index (χ3n) is 2.60. The maximum Gasteiger partial charge on any atom is 0.320 e. The van der Waals surface area contributed by atoms with E-state index in [-0.39, 0.29) is 0 Å². The highest BCUT2D eigenvalue weighted by Crippen LogP contribution is 2.41. The Balaban J connectivity index is 2.17. The Morgan fingerprint density at radius 1 is 1.73 bits per heavy atom. The second-order valence-corrected chi connectivity index (χ2v) is 5.95. The highest BCUT2D eigenvalue weighted by Gasteiger charge is 2.42. The smallest absolute Gasteiger partial charge is 0.320 e. The molecule has 0 radical (unpaired) electrons. The van der Waals surface area contributed by atoms with Gasteiger partial charge in [-0.1, -0.05) is 0 Å². The van der Waals surface area contributed by atoms with Gasteiger partial charge in [0.2, 0.25) is 0 Å². The Kier molecular flexibility index (Phi) is 3.11. The first kappa shape index (κ1) is 11.1. The predicted molar refractivity (Wildman–Crippen MR) is 62.2 cm³/mol. The zero-order valence-electron chi connectivity index (χ0n) is 8.03. The van der Waals surface area contributed by atoms with Gasteiger partial charge in [0.15, 0.2) is 4.67 Å². The van der Waals surface area contributed by atoms with E-state index in [4.69, 9.17) is 4.42 Å². The molecule has 1 aromatic rings. The summed E-state index contributed by atoms with van der Waals surface area (Å²) < 4.78 is 5.13. The van der Waals surface area contributed by atoms with E-state index in [0.29, 0.717) is 11.1 Å². The van der Waals surface area contributed by atoms with E-state index in [2.05, 4.69) is 15.9 Å². The van der Waals surface area contributed by atoms with Crippen LogP contribution < -0.4 is 0 Å². The van der Waals surface area contributed by atoms with Gasteiger partial charge in [-0.3, -0.25) is 4.79 Å². The fraction of sp³-hybridized carbons (Fsp3) is 0.500. The van der Waals surface area contributed by atoms with Crippen molar-refractivity contribution in [2.24, 2.45) is 0 Å². The number of thioether (sulfide) groups is 1. The van der Waals surface area contributed by atoms with Crippen LogP contribution in [0.1, 0.15) is 18.4 Å². The number of carboxylic acid groups (broad SMARTS) is 1. The van der Waals surface area contributed by atoms with Gasteiger partial charge in [0.25, 0.3) is 0 Å². The maximum absolute atomic E-state index is 11.3. The number of hydrogen-bond acceptors (Lipinski definition) is 3. The van der Waals surface area contributed by atoms with E-state index in [0.717, 1.165) is 24.2 Å². The number of aliphatic carboxylic acids is 1. The Bertz CT molecular complexity index is 368. The lowest BCUT2D eigenvalue weighted by molar-refractivity contribution is -0.139. The number of halogens is 1. The molecule has 1 N–H and O–H groups in total. The lowest BCUT2D eigenvalue weighted by Crippen LogP contribution is -2.34. The molecule has 0 aliphatic carbocycles. The molecule has 82 valence electrons. The van der Waals surface area contributed by atoms with Crippen LogP contribution in [-0.4, -0.2) is 21.6 Å². The number of carbonyl (C=O) groups is 1. The largest absolute Gasteiger partial charge is 0.480 e. The van der Waals surface area contributed by atoms with Crippen molar-refractivity contribution in [2.45, 2.75) is 24.0 Å². The van der Waals surface area contributed by atoms with Gasteiger partial charge in [0, 0.05) is 6.42 Å². The summed E-state index contributed by atoms with van der Waals surface area (Å²) in [5.41, 5.74) is 0.943. The summed E-state index contributed by atoms with van der Waals surface area (Å²) in [6.07, 6.45) is 3.89. The zero-order valence-corrected chi connectivity index (χ0v) is 10.4. The van der Waals surface area contributed by atoms with E-state index < -0.39 is 10.7 Å². The van der Waals surface area contributed by atoms with Crippen molar-refractivity contribution in [3.8, 4) is 0 Å². The first-order chi connectivity index (χ1) is 7.12. The molecule has 1 saturated heterocycles. The average Bonchev–Trinajstić information content (AvgIpc) is 2.77. The lowest BCUT2D eigenvalue weighted by atomic mass is 9.96. The van der Waals surface area contributed by atoms with E-state index in [1.54, 1.807) is 18.0 Å². The van der Waals surface area contributed by atoms with Crippen LogP contribution in [0.25, 0.3) is 0 Å². The first-order valence-corrected chi connectivity index (χ1v) is 6.50. The monoisotopic (exact) mass is 290 g/mol. The van der Waals surface area contributed by atoms with Crippen molar-refractivity contribution < 1.29 is 14.3 Å². The molecule has 0 aromatic carbocycles. The third-order valence-corrected chi connectivity index (χ3v) is 4.59. The van der Waals surface area contributed by atoms with Gasteiger partial charge in [-0.15, -0.1) is 11.8 Å². The van der Waals surface area contributed by atoms with Crippen LogP contribution in [0.2, 0.25) is 0 Å². The summed E-state index contributed by atoms with van der Waals surface area (Å²) in [5.74, 6) is 0.230. The molecule has 0 saturated carbocycles. The molecule has 1 atom stereocenters. The van der Waals surface area contributed by atoms with Crippen molar-refractivity contribution in [3.05, 3.63) is 22.6 Å². The maximum atomic E-state index is 11.3. The van der Waals surface area contributed by atoms with Crippen LogP contribution in [0.3, 0.4) is 0 Å². The molecule has 1 aliphatic heterocycles. The van der Waals surface area contributed by atoms with E-state index in [1.165, 1.54) is 0 Å². The zero-order chi connectivity index (χ0) is 10.9. The van der Waals surface area contributed by atoms with E-state index in [1.807, 2.05) is 6.07 Å². The van der Waals surface area contributed by atoms with Gasteiger partial charge in [0.1, 0.15) is 4.75 Å². The second-order valence-electron chi connectivity index (χ2n) is 3.69. The quantitative estimate of drug-likeness (QED) is 0.930. The summed E-state index contributed by atoms with van der Waals surface area (Å²) in [6, 6.07) is 1.84. The van der Waals surface area contributed by atoms with Gasteiger partial charge in [-0.05, 0) is 46.2 Å². The Labute approximate surface area is 100 Å². The molecule has 2 rings (SSSR count).